The first-order valence-electron chi connectivity index (χ1n) is 7.01. The van der Waals surface area contributed by atoms with Crippen molar-refractivity contribution >= 4 is 11.8 Å². The van der Waals surface area contributed by atoms with E-state index < -0.39 is 0 Å². The van der Waals surface area contributed by atoms with E-state index in [9.17, 15) is 0 Å². The number of nitrogens with zero attached hydrogens (tertiary/aromatic N) is 1. The Kier molecular flexibility index (Phi) is 6.32. The van der Waals surface area contributed by atoms with E-state index in [1.165, 1.54) is 38.9 Å². The maximum atomic E-state index is 5.75. The summed E-state index contributed by atoms with van der Waals surface area (Å²) in [5.41, 5.74) is 6.09. The number of unbranched alkanes of at least 4 members (excludes halogenated alkanes) is 1. The normalized spacial score (nSPS) is 27.4. The second-order valence-electron chi connectivity index (χ2n) is 6.34. The molecular formula is C14H30N2S. The first-order valence-corrected chi connectivity index (χ1v) is 7.95. The van der Waals surface area contributed by atoms with Crippen LogP contribution in [-0.4, -0.2) is 41.6 Å². The van der Waals surface area contributed by atoms with Gasteiger partial charge in [0.05, 0.1) is 0 Å². The Balaban J connectivity index is 2.14. The molecule has 17 heavy (non-hydrogen) atoms. The van der Waals surface area contributed by atoms with Gasteiger partial charge in [-0.1, -0.05) is 34.1 Å². The fraction of sp³-hybridized carbons (Fsp3) is 1.00. The minimum Gasteiger partial charge on any atom is -0.330 e. The van der Waals surface area contributed by atoms with Gasteiger partial charge >= 0.3 is 0 Å². The number of hydrogen-bond acceptors (Lipinski definition) is 3. The van der Waals surface area contributed by atoms with Gasteiger partial charge in [-0.2, -0.15) is 11.8 Å². The second kappa shape index (κ2) is 7.01. The van der Waals surface area contributed by atoms with Gasteiger partial charge < -0.3 is 10.6 Å². The summed E-state index contributed by atoms with van der Waals surface area (Å²) in [5.74, 6) is 0. The molecule has 0 radical (unpaired) electrons. The van der Waals surface area contributed by atoms with Crippen LogP contribution in [0.4, 0.5) is 0 Å². The minimum atomic E-state index is 0.332. The summed E-state index contributed by atoms with van der Waals surface area (Å²) in [5, 5.41) is 1.61. The van der Waals surface area contributed by atoms with Crippen LogP contribution in [0.15, 0.2) is 0 Å². The Morgan fingerprint density at radius 2 is 1.76 bits per heavy atom. The van der Waals surface area contributed by atoms with Gasteiger partial charge in [-0.05, 0) is 31.3 Å². The number of thioether (sulfide) groups is 1. The van der Waals surface area contributed by atoms with Crippen LogP contribution in [0.3, 0.4) is 0 Å². The summed E-state index contributed by atoms with van der Waals surface area (Å²) in [6, 6.07) is 0. The molecule has 1 rings (SSSR count). The van der Waals surface area contributed by atoms with Crippen molar-refractivity contribution in [1.29, 1.82) is 0 Å². The summed E-state index contributed by atoms with van der Waals surface area (Å²) in [4.78, 5) is 2.64. The summed E-state index contributed by atoms with van der Waals surface area (Å²) < 4.78 is 0. The standard InChI is InChI=1S/C14H30N2S/c1-12-9-16(10-13(2)17-12)8-6-5-7-14(3,4)11-15/h12-13H,5-11,15H2,1-4H3. The maximum Gasteiger partial charge on any atom is 0.0149 e. The molecule has 2 unspecified atom stereocenters. The third kappa shape index (κ3) is 6.12. The van der Waals surface area contributed by atoms with Gasteiger partial charge in [0.15, 0.2) is 0 Å². The highest BCUT2D eigenvalue weighted by Gasteiger charge is 2.22. The van der Waals surface area contributed by atoms with Crippen molar-refractivity contribution in [3.8, 4) is 0 Å². The molecule has 2 atom stereocenters. The number of nitrogens with two attached hydrogens (primary N) is 1. The van der Waals surface area contributed by atoms with Gasteiger partial charge in [0.1, 0.15) is 0 Å². The van der Waals surface area contributed by atoms with Crippen molar-refractivity contribution in [2.24, 2.45) is 11.1 Å². The molecule has 102 valence electrons. The molecule has 0 aromatic rings. The van der Waals surface area contributed by atoms with Crippen LogP contribution < -0.4 is 5.73 Å². The van der Waals surface area contributed by atoms with Crippen molar-refractivity contribution < 1.29 is 0 Å². The van der Waals surface area contributed by atoms with Crippen LogP contribution in [0, 0.1) is 5.41 Å². The SMILES string of the molecule is CC1CN(CCCCC(C)(C)CN)CC(C)S1. The van der Waals surface area contributed by atoms with E-state index in [1.807, 2.05) is 0 Å². The first-order chi connectivity index (χ1) is 7.93. The molecule has 1 saturated heterocycles. The van der Waals surface area contributed by atoms with Gasteiger partial charge in [0, 0.05) is 23.6 Å². The second-order valence-corrected chi connectivity index (χ2v) is 8.22. The van der Waals surface area contributed by atoms with Gasteiger partial charge in [-0.3, -0.25) is 0 Å². The third-order valence-corrected chi connectivity index (χ3v) is 4.85. The molecule has 3 heteroatoms. The monoisotopic (exact) mass is 258 g/mol. The van der Waals surface area contributed by atoms with Crippen LogP contribution in [-0.2, 0) is 0 Å². The Morgan fingerprint density at radius 1 is 1.18 bits per heavy atom. The Morgan fingerprint density at radius 3 is 2.29 bits per heavy atom. The lowest BCUT2D eigenvalue weighted by Crippen LogP contribution is -2.40. The zero-order valence-electron chi connectivity index (χ0n) is 12.0. The van der Waals surface area contributed by atoms with Gasteiger partial charge in [0.25, 0.3) is 0 Å². The molecule has 0 bridgehead atoms. The highest BCUT2D eigenvalue weighted by Crippen LogP contribution is 2.25. The lowest BCUT2D eigenvalue weighted by Gasteiger charge is -2.34. The highest BCUT2D eigenvalue weighted by atomic mass is 32.2. The van der Waals surface area contributed by atoms with Crippen LogP contribution in [0.5, 0.6) is 0 Å². The zero-order valence-corrected chi connectivity index (χ0v) is 12.9. The smallest absolute Gasteiger partial charge is 0.0149 e. The quantitative estimate of drug-likeness (QED) is 0.743. The predicted octanol–water partition coefficient (Wildman–Crippen LogP) is 2.97. The lowest BCUT2D eigenvalue weighted by molar-refractivity contribution is 0.253. The van der Waals surface area contributed by atoms with Crippen LogP contribution in [0.2, 0.25) is 0 Å². The first kappa shape index (κ1) is 15.3. The molecule has 0 spiro atoms. The molecule has 0 aliphatic carbocycles. The molecule has 0 amide bonds. The number of rotatable bonds is 6. The van der Waals surface area contributed by atoms with Crippen molar-refractivity contribution in [1.82, 2.24) is 4.90 Å². The summed E-state index contributed by atoms with van der Waals surface area (Å²) in [6.07, 6.45) is 3.90. The van der Waals surface area contributed by atoms with Crippen molar-refractivity contribution in [2.75, 3.05) is 26.2 Å². The Labute approximate surface area is 112 Å². The van der Waals surface area contributed by atoms with Crippen molar-refractivity contribution in [3.63, 3.8) is 0 Å². The molecule has 2 N–H and O–H groups in total. The lowest BCUT2D eigenvalue weighted by atomic mass is 9.87. The largest absolute Gasteiger partial charge is 0.330 e. The highest BCUT2D eigenvalue weighted by molar-refractivity contribution is 8.00. The van der Waals surface area contributed by atoms with Crippen LogP contribution in [0.1, 0.15) is 47.0 Å². The zero-order chi connectivity index (χ0) is 12.9. The van der Waals surface area contributed by atoms with E-state index in [0.717, 1.165) is 17.0 Å². The fourth-order valence-electron chi connectivity index (χ4n) is 2.51. The number of hydrogen-bond donors (Lipinski definition) is 1. The van der Waals surface area contributed by atoms with Crippen LogP contribution >= 0.6 is 11.8 Å². The average Bonchev–Trinajstić information content (AvgIpc) is 2.23. The molecular weight excluding hydrogens is 228 g/mol. The maximum absolute atomic E-state index is 5.75. The summed E-state index contributed by atoms with van der Waals surface area (Å²) in [7, 11) is 0. The van der Waals surface area contributed by atoms with E-state index in [0.29, 0.717) is 5.41 Å². The Bertz CT molecular complexity index is 208. The molecule has 1 fully saturated rings. The van der Waals surface area contributed by atoms with Crippen molar-refractivity contribution in [3.05, 3.63) is 0 Å². The fourth-order valence-corrected chi connectivity index (χ4v) is 3.89. The van der Waals surface area contributed by atoms with Gasteiger partial charge in [-0.25, -0.2) is 0 Å². The molecule has 1 aliphatic heterocycles. The molecule has 0 saturated carbocycles. The molecule has 0 aromatic carbocycles. The predicted molar refractivity (Wildman–Crippen MR) is 79.6 cm³/mol. The Hall–Kier alpha value is 0.270. The van der Waals surface area contributed by atoms with Crippen molar-refractivity contribution in [2.45, 2.75) is 57.5 Å². The van der Waals surface area contributed by atoms with E-state index in [4.69, 9.17) is 5.73 Å². The van der Waals surface area contributed by atoms with E-state index in [2.05, 4.69) is 44.4 Å². The van der Waals surface area contributed by atoms with Gasteiger partial charge in [0.2, 0.25) is 0 Å². The molecule has 2 nitrogen and oxygen atoms in total. The molecule has 0 aromatic heterocycles. The molecule has 1 heterocycles. The van der Waals surface area contributed by atoms with E-state index in [1.54, 1.807) is 0 Å². The third-order valence-electron chi connectivity index (χ3n) is 3.63. The summed E-state index contributed by atoms with van der Waals surface area (Å²) >= 11 is 2.13. The van der Waals surface area contributed by atoms with Crippen LogP contribution in [0.25, 0.3) is 0 Å². The molecule has 1 aliphatic rings. The van der Waals surface area contributed by atoms with E-state index in [-0.39, 0.29) is 0 Å². The average molecular weight is 258 g/mol. The van der Waals surface area contributed by atoms with Gasteiger partial charge in [-0.15, -0.1) is 0 Å². The topological polar surface area (TPSA) is 29.3 Å². The summed E-state index contributed by atoms with van der Waals surface area (Å²) in [6.45, 7) is 13.9. The minimum absolute atomic E-state index is 0.332. The van der Waals surface area contributed by atoms with E-state index >= 15 is 0 Å².